The lowest BCUT2D eigenvalue weighted by molar-refractivity contribution is -0.131. The fourth-order valence-corrected chi connectivity index (χ4v) is 3.83. The Morgan fingerprint density at radius 3 is 2.34 bits per heavy atom. The van der Waals surface area contributed by atoms with Gasteiger partial charge in [0.1, 0.15) is 11.4 Å². The van der Waals surface area contributed by atoms with Gasteiger partial charge in [-0.1, -0.05) is 35.3 Å². The molecule has 3 rings (SSSR count). The van der Waals surface area contributed by atoms with Crippen molar-refractivity contribution in [1.82, 2.24) is 10.2 Å². The van der Waals surface area contributed by atoms with Crippen molar-refractivity contribution in [3.05, 3.63) is 63.4 Å². The summed E-state index contributed by atoms with van der Waals surface area (Å²) in [6.07, 6.45) is 1.48. The van der Waals surface area contributed by atoms with Gasteiger partial charge in [0, 0.05) is 19.1 Å². The predicted octanol–water partition coefficient (Wildman–Crippen LogP) is 4.10. The smallest absolute Gasteiger partial charge is 0.256 e. The molecule has 2 aromatic rings. The molecule has 0 spiro atoms. The van der Waals surface area contributed by atoms with Crippen LogP contribution in [-0.2, 0) is 11.2 Å². The average molecular weight is 439 g/mol. The maximum absolute atomic E-state index is 13.0. The molecule has 1 fully saturated rings. The van der Waals surface area contributed by atoms with Crippen LogP contribution in [-0.4, -0.2) is 43.0 Å². The molecule has 1 aliphatic heterocycles. The lowest BCUT2D eigenvalue weighted by Crippen LogP contribution is -2.47. The molecule has 0 unspecified atom stereocenters. The molecule has 2 amide bonds. The number of nitrogens with zero attached hydrogens (tertiary/aromatic N) is 1. The lowest BCUT2D eigenvalue weighted by Gasteiger charge is -2.32. The second-order valence-electron chi connectivity index (χ2n) is 6.87. The van der Waals surface area contributed by atoms with Gasteiger partial charge < -0.3 is 15.0 Å². The van der Waals surface area contributed by atoms with Crippen LogP contribution in [0.15, 0.2) is 36.4 Å². The Hall–Kier alpha value is -2.31. The third-order valence-electron chi connectivity index (χ3n) is 4.94. The van der Waals surface area contributed by atoms with E-state index in [0.29, 0.717) is 31.0 Å². The molecule has 154 valence electrons. The summed E-state index contributed by atoms with van der Waals surface area (Å²) in [4.78, 5) is 26.9. The Morgan fingerprint density at radius 1 is 1.10 bits per heavy atom. The number of carbonyl (C=O) groups is 2. The second-order valence-corrected chi connectivity index (χ2v) is 7.68. The zero-order chi connectivity index (χ0) is 21.0. The zero-order valence-corrected chi connectivity index (χ0v) is 17.4. The van der Waals surface area contributed by atoms with Crippen LogP contribution in [0.5, 0.6) is 5.75 Å². The van der Waals surface area contributed by atoms with E-state index in [-0.39, 0.29) is 46.4 Å². The van der Waals surface area contributed by atoms with Gasteiger partial charge in [0.25, 0.3) is 5.91 Å². The van der Waals surface area contributed by atoms with E-state index >= 15 is 0 Å². The molecule has 0 aromatic heterocycles. The minimum atomic E-state index is -0.356. The van der Waals surface area contributed by atoms with Crippen molar-refractivity contribution in [2.75, 3.05) is 20.2 Å². The normalized spacial score (nSPS) is 14.6. The van der Waals surface area contributed by atoms with Crippen LogP contribution < -0.4 is 10.1 Å². The second kappa shape index (κ2) is 9.46. The number of nitrogens with one attached hydrogen (secondary N) is 1. The monoisotopic (exact) mass is 438 g/mol. The largest absolute Gasteiger partial charge is 0.494 e. The first-order valence-electron chi connectivity index (χ1n) is 9.24. The number of hydrogen-bond acceptors (Lipinski definition) is 3. The topological polar surface area (TPSA) is 58.6 Å². The van der Waals surface area contributed by atoms with E-state index in [9.17, 15) is 14.0 Å². The van der Waals surface area contributed by atoms with Crippen molar-refractivity contribution in [3.63, 3.8) is 0 Å². The zero-order valence-electron chi connectivity index (χ0n) is 15.9. The van der Waals surface area contributed by atoms with E-state index in [1.165, 1.54) is 19.2 Å². The Bertz CT molecular complexity index is 898. The highest BCUT2D eigenvalue weighted by molar-refractivity contribution is 6.37. The minimum absolute atomic E-state index is 0.0130. The van der Waals surface area contributed by atoms with Crippen molar-refractivity contribution in [1.29, 1.82) is 0 Å². The van der Waals surface area contributed by atoms with Gasteiger partial charge in [0.2, 0.25) is 5.91 Å². The molecular formula is C21H21Cl2FN2O3. The Kier molecular flexibility index (Phi) is 6.98. The SMILES string of the molecule is COc1c(Cl)ccc(Cl)c1C(=O)NC1CCN(C(=O)Cc2ccc(F)cc2)CC1. The Balaban J connectivity index is 1.56. The lowest BCUT2D eigenvalue weighted by atomic mass is 10.0. The third-order valence-corrected chi connectivity index (χ3v) is 5.55. The molecule has 0 aliphatic carbocycles. The molecule has 29 heavy (non-hydrogen) atoms. The standard InChI is InChI=1S/C21H21Cl2FN2O3/c1-29-20-17(23)7-6-16(22)19(20)21(28)25-15-8-10-26(11-9-15)18(27)12-13-2-4-14(24)5-3-13/h2-7,15H,8-12H2,1H3,(H,25,28). The number of halogens is 3. The van der Waals surface area contributed by atoms with Crippen LogP contribution in [0.25, 0.3) is 0 Å². The number of carbonyl (C=O) groups excluding carboxylic acids is 2. The first kappa shape index (κ1) is 21.4. The Labute approximate surface area is 178 Å². The molecule has 1 N–H and O–H groups in total. The van der Waals surface area contributed by atoms with Crippen LogP contribution in [0.1, 0.15) is 28.8 Å². The molecule has 2 aromatic carbocycles. The van der Waals surface area contributed by atoms with E-state index < -0.39 is 0 Å². The van der Waals surface area contributed by atoms with Crippen LogP contribution in [0.3, 0.4) is 0 Å². The van der Waals surface area contributed by atoms with E-state index in [2.05, 4.69) is 5.32 Å². The predicted molar refractivity (Wildman–Crippen MR) is 110 cm³/mol. The van der Waals surface area contributed by atoms with Gasteiger partial charge in [-0.25, -0.2) is 4.39 Å². The summed E-state index contributed by atoms with van der Waals surface area (Å²) in [6, 6.07) is 8.96. The van der Waals surface area contributed by atoms with Gasteiger partial charge >= 0.3 is 0 Å². The molecule has 0 radical (unpaired) electrons. The fraction of sp³-hybridized carbons (Fsp3) is 0.333. The van der Waals surface area contributed by atoms with Gasteiger partial charge in [0.15, 0.2) is 5.75 Å². The average Bonchev–Trinajstić information content (AvgIpc) is 2.71. The first-order chi connectivity index (χ1) is 13.9. The number of likely N-dealkylation sites (tertiary alicyclic amines) is 1. The summed E-state index contributed by atoms with van der Waals surface area (Å²) in [7, 11) is 1.43. The van der Waals surface area contributed by atoms with Crippen molar-refractivity contribution in [2.24, 2.45) is 0 Å². The van der Waals surface area contributed by atoms with E-state index in [0.717, 1.165) is 5.56 Å². The maximum Gasteiger partial charge on any atom is 0.256 e. The number of ether oxygens (including phenoxy) is 1. The summed E-state index contributed by atoms with van der Waals surface area (Å²) in [5.74, 6) is -0.454. The van der Waals surface area contributed by atoms with E-state index in [1.807, 2.05) is 0 Å². The molecule has 1 aliphatic rings. The number of piperidine rings is 1. The fourth-order valence-electron chi connectivity index (χ4n) is 3.36. The van der Waals surface area contributed by atoms with Crippen LogP contribution in [0.2, 0.25) is 10.0 Å². The van der Waals surface area contributed by atoms with E-state index in [1.54, 1.807) is 29.2 Å². The Morgan fingerprint density at radius 2 is 1.72 bits per heavy atom. The van der Waals surface area contributed by atoms with Gasteiger partial charge in [-0.15, -0.1) is 0 Å². The summed E-state index contributed by atoms with van der Waals surface area (Å²) >= 11 is 12.3. The van der Waals surface area contributed by atoms with Gasteiger partial charge in [-0.3, -0.25) is 9.59 Å². The summed E-state index contributed by atoms with van der Waals surface area (Å²) < 4.78 is 18.2. The van der Waals surface area contributed by atoms with Crippen LogP contribution in [0, 0.1) is 5.82 Å². The number of hydrogen-bond donors (Lipinski definition) is 1. The highest BCUT2D eigenvalue weighted by Crippen LogP contribution is 2.34. The van der Waals surface area contributed by atoms with Crippen molar-refractivity contribution in [3.8, 4) is 5.75 Å². The van der Waals surface area contributed by atoms with Gasteiger partial charge in [0.05, 0.1) is 23.6 Å². The molecule has 0 bridgehead atoms. The van der Waals surface area contributed by atoms with Crippen molar-refractivity contribution in [2.45, 2.75) is 25.3 Å². The highest BCUT2D eigenvalue weighted by Gasteiger charge is 2.26. The maximum atomic E-state index is 13.0. The highest BCUT2D eigenvalue weighted by atomic mass is 35.5. The molecule has 0 saturated carbocycles. The van der Waals surface area contributed by atoms with Crippen LogP contribution in [0.4, 0.5) is 4.39 Å². The molecule has 5 nitrogen and oxygen atoms in total. The third kappa shape index (κ3) is 5.19. The summed E-state index contributed by atoms with van der Waals surface area (Å²) in [5, 5.41) is 3.52. The molecule has 1 saturated heterocycles. The number of benzene rings is 2. The molecule has 8 heteroatoms. The van der Waals surface area contributed by atoms with Crippen LogP contribution >= 0.6 is 23.2 Å². The molecule has 0 atom stereocenters. The number of rotatable bonds is 5. The van der Waals surface area contributed by atoms with E-state index in [4.69, 9.17) is 27.9 Å². The summed E-state index contributed by atoms with van der Waals surface area (Å²) in [5.41, 5.74) is 0.978. The van der Waals surface area contributed by atoms with Crippen molar-refractivity contribution < 1.29 is 18.7 Å². The summed E-state index contributed by atoms with van der Waals surface area (Å²) in [6.45, 7) is 1.07. The van der Waals surface area contributed by atoms with Gasteiger partial charge in [-0.2, -0.15) is 0 Å². The van der Waals surface area contributed by atoms with Gasteiger partial charge in [-0.05, 0) is 42.7 Å². The molecule has 1 heterocycles. The minimum Gasteiger partial charge on any atom is -0.494 e. The number of methoxy groups -OCH3 is 1. The molecular weight excluding hydrogens is 418 g/mol. The quantitative estimate of drug-likeness (QED) is 0.763. The first-order valence-corrected chi connectivity index (χ1v) is 9.99. The number of amides is 2. The van der Waals surface area contributed by atoms with Crippen molar-refractivity contribution >= 4 is 35.0 Å².